The molecule has 0 aromatic heterocycles. The van der Waals surface area contributed by atoms with Crippen molar-refractivity contribution in [2.45, 2.75) is 17.4 Å². The number of hydrogen-bond acceptors (Lipinski definition) is 4. The number of nitrogens with zero attached hydrogens (tertiary/aromatic N) is 1. The molecule has 0 aliphatic carbocycles. The van der Waals surface area contributed by atoms with E-state index >= 15 is 0 Å². The lowest BCUT2D eigenvalue weighted by molar-refractivity contribution is -0.141. The second-order valence-electron chi connectivity index (χ2n) is 6.45. The molecule has 0 aliphatic rings. The van der Waals surface area contributed by atoms with Crippen molar-refractivity contribution in [2.75, 3.05) is 7.05 Å². The minimum Gasteiger partial charge on any atom is -0.480 e. The van der Waals surface area contributed by atoms with Gasteiger partial charge in [0.25, 0.3) is 0 Å². The van der Waals surface area contributed by atoms with Gasteiger partial charge in [0.2, 0.25) is 10.0 Å². The van der Waals surface area contributed by atoms with Crippen molar-refractivity contribution in [1.82, 2.24) is 4.31 Å². The molecule has 7 heteroatoms. The predicted octanol–water partition coefficient (Wildman–Crippen LogP) is 3.80. The van der Waals surface area contributed by atoms with Crippen LogP contribution in [-0.4, -0.2) is 36.9 Å². The van der Waals surface area contributed by atoms with E-state index in [9.17, 15) is 18.3 Å². The fraction of sp³-hybridized carbons (Fsp3) is 0.136. The van der Waals surface area contributed by atoms with E-state index in [2.05, 4.69) is 0 Å². The number of likely N-dealkylation sites (N-methyl/N-ethyl adjacent to an activating group) is 1. The lowest BCUT2D eigenvalue weighted by Gasteiger charge is -2.24. The van der Waals surface area contributed by atoms with Crippen LogP contribution >= 0.6 is 0 Å². The van der Waals surface area contributed by atoms with E-state index in [-0.39, 0.29) is 11.3 Å². The zero-order valence-corrected chi connectivity index (χ0v) is 16.6. The molecule has 150 valence electrons. The first-order valence-corrected chi connectivity index (χ1v) is 10.4. The Hall–Kier alpha value is -3.16. The van der Waals surface area contributed by atoms with Crippen LogP contribution in [0.4, 0.5) is 0 Å². The van der Waals surface area contributed by atoms with Crippen LogP contribution in [0.2, 0.25) is 0 Å². The summed E-state index contributed by atoms with van der Waals surface area (Å²) in [4.78, 5) is 11.9. The Labute approximate surface area is 170 Å². The average molecular weight is 411 g/mol. The number of benzene rings is 3. The lowest BCUT2D eigenvalue weighted by Crippen LogP contribution is -2.43. The zero-order valence-electron chi connectivity index (χ0n) is 15.8. The second kappa shape index (κ2) is 8.89. The van der Waals surface area contributed by atoms with Gasteiger partial charge in [-0.3, -0.25) is 4.79 Å². The van der Waals surface area contributed by atoms with Crippen LogP contribution in [0, 0.1) is 0 Å². The third-order valence-corrected chi connectivity index (χ3v) is 6.36. The molecule has 3 aromatic rings. The van der Waals surface area contributed by atoms with Crippen molar-refractivity contribution >= 4 is 16.0 Å². The third kappa shape index (κ3) is 5.01. The molecule has 0 heterocycles. The van der Waals surface area contributed by atoms with Gasteiger partial charge in [-0.2, -0.15) is 4.31 Å². The smallest absolute Gasteiger partial charge is 0.322 e. The Bertz CT molecular complexity index is 1050. The van der Waals surface area contributed by atoms with Crippen LogP contribution in [0.3, 0.4) is 0 Å². The highest BCUT2D eigenvalue weighted by Crippen LogP contribution is 2.23. The topological polar surface area (TPSA) is 83.9 Å². The number of para-hydroxylation sites is 1. The Balaban J connectivity index is 1.76. The normalized spacial score (nSPS) is 12.5. The Kier molecular flexibility index (Phi) is 6.31. The van der Waals surface area contributed by atoms with Crippen molar-refractivity contribution in [3.63, 3.8) is 0 Å². The highest BCUT2D eigenvalue weighted by Gasteiger charge is 2.32. The van der Waals surface area contributed by atoms with E-state index in [4.69, 9.17) is 4.74 Å². The van der Waals surface area contributed by atoms with Crippen molar-refractivity contribution in [1.29, 1.82) is 0 Å². The first-order valence-electron chi connectivity index (χ1n) is 8.95. The molecule has 0 radical (unpaired) electrons. The molecule has 0 aliphatic heterocycles. The van der Waals surface area contributed by atoms with Gasteiger partial charge in [0, 0.05) is 7.05 Å². The van der Waals surface area contributed by atoms with Gasteiger partial charge in [0.15, 0.2) is 0 Å². The molecular weight excluding hydrogens is 390 g/mol. The molecule has 0 fully saturated rings. The first-order chi connectivity index (χ1) is 13.9. The van der Waals surface area contributed by atoms with E-state index < -0.39 is 22.0 Å². The van der Waals surface area contributed by atoms with E-state index in [0.29, 0.717) is 17.1 Å². The number of hydrogen-bond donors (Lipinski definition) is 1. The minimum atomic E-state index is -3.92. The van der Waals surface area contributed by atoms with Gasteiger partial charge in [0.05, 0.1) is 4.90 Å². The van der Waals surface area contributed by atoms with E-state index in [1.807, 2.05) is 30.3 Å². The predicted molar refractivity (Wildman–Crippen MR) is 109 cm³/mol. The molecule has 0 amide bonds. The van der Waals surface area contributed by atoms with E-state index in [0.717, 1.165) is 4.31 Å². The summed E-state index contributed by atoms with van der Waals surface area (Å²) in [5.74, 6) is 0.0889. The van der Waals surface area contributed by atoms with Gasteiger partial charge in [-0.1, -0.05) is 48.5 Å². The fourth-order valence-electron chi connectivity index (χ4n) is 2.84. The number of carbonyl (C=O) groups is 1. The maximum atomic E-state index is 12.8. The fourth-order valence-corrected chi connectivity index (χ4v) is 4.17. The Morgan fingerprint density at radius 3 is 1.97 bits per heavy atom. The molecule has 1 atom stereocenters. The summed E-state index contributed by atoms with van der Waals surface area (Å²) < 4.78 is 32.2. The van der Waals surface area contributed by atoms with Gasteiger partial charge in [-0.25, -0.2) is 8.42 Å². The van der Waals surface area contributed by atoms with Gasteiger partial charge in [0.1, 0.15) is 17.5 Å². The van der Waals surface area contributed by atoms with E-state index in [1.54, 1.807) is 42.5 Å². The second-order valence-corrected chi connectivity index (χ2v) is 8.45. The number of rotatable bonds is 8. The van der Waals surface area contributed by atoms with Crippen LogP contribution in [0.5, 0.6) is 11.5 Å². The molecule has 1 unspecified atom stereocenters. The number of carboxylic acid groups (broad SMARTS) is 1. The Morgan fingerprint density at radius 1 is 0.897 bits per heavy atom. The summed E-state index contributed by atoms with van der Waals surface area (Å²) in [7, 11) is -2.64. The largest absolute Gasteiger partial charge is 0.480 e. The Morgan fingerprint density at radius 2 is 1.41 bits per heavy atom. The number of ether oxygens (including phenoxy) is 1. The molecule has 0 saturated heterocycles. The number of carboxylic acids is 1. The van der Waals surface area contributed by atoms with Crippen molar-refractivity contribution < 1.29 is 23.1 Å². The SMILES string of the molecule is CN(C(Cc1ccc(Oc2ccccc2)cc1)C(=O)O)S(=O)(=O)c1ccccc1. The minimum absolute atomic E-state index is 0.0313. The summed E-state index contributed by atoms with van der Waals surface area (Å²) in [6.07, 6.45) is 0.0313. The zero-order chi connectivity index (χ0) is 20.9. The molecule has 0 bridgehead atoms. The van der Waals surface area contributed by atoms with Gasteiger partial charge < -0.3 is 9.84 Å². The molecule has 0 spiro atoms. The maximum Gasteiger partial charge on any atom is 0.322 e. The molecule has 3 aromatic carbocycles. The molecule has 29 heavy (non-hydrogen) atoms. The first kappa shape index (κ1) is 20.6. The molecule has 3 rings (SSSR count). The standard InChI is InChI=1S/C22H21NO5S/c1-23(29(26,27)20-10-6-3-7-11-20)21(22(24)25)16-17-12-14-19(15-13-17)28-18-8-4-2-5-9-18/h2-15,21H,16H2,1H3,(H,24,25). The number of sulfonamides is 1. The van der Waals surface area contributed by atoms with Crippen molar-refractivity contribution in [3.05, 3.63) is 90.5 Å². The molecular formula is C22H21NO5S. The third-order valence-electron chi connectivity index (χ3n) is 4.48. The summed E-state index contributed by atoms with van der Waals surface area (Å²) in [6.45, 7) is 0. The van der Waals surface area contributed by atoms with Crippen LogP contribution < -0.4 is 4.74 Å². The average Bonchev–Trinajstić information content (AvgIpc) is 2.74. The van der Waals surface area contributed by atoms with Gasteiger partial charge >= 0.3 is 5.97 Å². The van der Waals surface area contributed by atoms with Gasteiger partial charge in [-0.15, -0.1) is 0 Å². The summed E-state index contributed by atoms with van der Waals surface area (Å²) in [5.41, 5.74) is 0.688. The summed E-state index contributed by atoms with van der Waals surface area (Å²) >= 11 is 0. The highest BCUT2D eigenvalue weighted by atomic mass is 32.2. The molecule has 0 saturated carbocycles. The van der Waals surface area contributed by atoms with Crippen molar-refractivity contribution in [3.8, 4) is 11.5 Å². The van der Waals surface area contributed by atoms with Crippen LogP contribution in [0.1, 0.15) is 5.56 Å². The summed E-state index contributed by atoms with van der Waals surface area (Å²) in [6, 6.07) is 22.8. The highest BCUT2D eigenvalue weighted by molar-refractivity contribution is 7.89. The van der Waals surface area contributed by atoms with Gasteiger partial charge in [-0.05, 0) is 48.4 Å². The van der Waals surface area contributed by atoms with Crippen LogP contribution in [-0.2, 0) is 21.2 Å². The lowest BCUT2D eigenvalue weighted by atomic mass is 10.1. The monoisotopic (exact) mass is 411 g/mol. The number of aliphatic carboxylic acids is 1. The van der Waals surface area contributed by atoms with E-state index in [1.165, 1.54) is 19.2 Å². The molecule has 6 nitrogen and oxygen atoms in total. The quantitative estimate of drug-likeness (QED) is 0.610. The van der Waals surface area contributed by atoms with Crippen LogP contribution in [0.15, 0.2) is 89.8 Å². The maximum absolute atomic E-state index is 12.8. The van der Waals surface area contributed by atoms with Crippen molar-refractivity contribution in [2.24, 2.45) is 0 Å². The molecule has 1 N–H and O–H groups in total. The van der Waals surface area contributed by atoms with Crippen LogP contribution in [0.25, 0.3) is 0 Å². The summed E-state index contributed by atoms with van der Waals surface area (Å²) in [5, 5.41) is 9.63.